The first-order chi connectivity index (χ1) is 7.84. The zero-order chi connectivity index (χ0) is 13.2. The Morgan fingerprint density at radius 3 is 2.47 bits per heavy atom. The number of ketones is 1. The van der Waals surface area contributed by atoms with Crippen molar-refractivity contribution < 1.29 is 13.6 Å². The van der Waals surface area contributed by atoms with Gasteiger partial charge in [0.25, 0.3) is 0 Å². The van der Waals surface area contributed by atoms with Crippen LogP contribution < -0.4 is 0 Å². The molecule has 96 valence electrons. The topological polar surface area (TPSA) is 63.7 Å². The first kappa shape index (κ1) is 13.9. The molecule has 0 aromatic heterocycles. The molecule has 1 aliphatic rings. The monoisotopic (exact) mass is 257 g/mol. The van der Waals surface area contributed by atoms with Crippen LogP contribution in [0.5, 0.6) is 0 Å². The lowest BCUT2D eigenvalue weighted by molar-refractivity contribution is -0.112. The summed E-state index contributed by atoms with van der Waals surface area (Å²) < 4.78 is 23.3. The van der Waals surface area contributed by atoms with Gasteiger partial charge in [-0.2, -0.15) is 0 Å². The largest absolute Gasteiger partial charge is 0.755 e. The zero-order valence-electron chi connectivity index (χ0n) is 10.5. The van der Waals surface area contributed by atoms with Gasteiger partial charge >= 0.3 is 0 Å². The van der Waals surface area contributed by atoms with Crippen molar-refractivity contribution in [2.24, 2.45) is 0 Å². The molecule has 1 aliphatic heterocycles. The Morgan fingerprint density at radius 1 is 1.41 bits per heavy atom. The first-order valence-corrected chi connectivity index (χ1v) is 6.34. The highest BCUT2D eigenvalue weighted by molar-refractivity contribution is 7.76. The quantitative estimate of drug-likeness (QED) is 0.542. The fraction of sp³-hybridized carbons (Fsp3) is 0.545. The second-order valence-corrected chi connectivity index (χ2v) is 5.10. The summed E-state index contributed by atoms with van der Waals surface area (Å²) in [6.07, 6.45) is 2.18. The van der Waals surface area contributed by atoms with E-state index in [0.29, 0.717) is 29.8 Å². The molecule has 1 atom stereocenters. The van der Waals surface area contributed by atoms with Gasteiger partial charge < -0.3 is 13.8 Å². The van der Waals surface area contributed by atoms with Crippen molar-refractivity contribution in [3.8, 4) is 0 Å². The Bertz CT molecular complexity index is 413. The second kappa shape index (κ2) is 5.46. The van der Waals surface area contributed by atoms with Crippen LogP contribution in [0.2, 0.25) is 0 Å². The highest BCUT2D eigenvalue weighted by Crippen LogP contribution is 2.23. The molecule has 0 fully saturated rings. The van der Waals surface area contributed by atoms with Gasteiger partial charge in [-0.05, 0) is 20.3 Å². The Hall–Kier alpha value is -1.14. The molecule has 0 bridgehead atoms. The lowest BCUT2D eigenvalue weighted by Gasteiger charge is -2.26. The summed E-state index contributed by atoms with van der Waals surface area (Å²) in [6.45, 7) is 3.62. The number of nitrogens with zero attached hydrogens (tertiary/aromatic N) is 2. The standard InChI is InChI=1S/C11H18N2O3S/c1-8-9(2)13(17(15)16)6-5-10(11(8)14)7-12(3)4/h7H,5-6H2,1-4H3,(H,15,16)/p-1/b10-7-. The maximum absolute atomic E-state index is 12.1. The van der Waals surface area contributed by atoms with Crippen LogP contribution in [-0.2, 0) is 16.1 Å². The average Bonchev–Trinajstić information content (AvgIpc) is 2.32. The highest BCUT2D eigenvalue weighted by atomic mass is 32.2. The van der Waals surface area contributed by atoms with Gasteiger partial charge in [-0.25, -0.2) is 0 Å². The molecule has 5 nitrogen and oxygen atoms in total. The van der Waals surface area contributed by atoms with Crippen LogP contribution >= 0.6 is 0 Å². The van der Waals surface area contributed by atoms with Crippen molar-refractivity contribution in [2.75, 3.05) is 20.6 Å². The van der Waals surface area contributed by atoms with E-state index in [9.17, 15) is 13.6 Å². The molecule has 1 heterocycles. The van der Waals surface area contributed by atoms with E-state index in [1.807, 2.05) is 14.1 Å². The maximum Gasteiger partial charge on any atom is 0.187 e. The SMILES string of the molecule is CC1=C(C)N(S(=O)[O-])CC/C(=C/N(C)C)C1=O. The Balaban J connectivity index is 3.14. The molecular weight excluding hydrogens is 240 g/mol. The number of rotatable bonds is 2. The Kier molecular flexibility index (Phi) is 4.47. The molecule has 1 rings (SSSR count). The minimum atomic E-state index is -2.32. The minimum Gasteiger partial charge on any atom is -0.755 e. The van der Waals surface area contributed by atoms with Gasteiger partial charge in [0.2, 0.25) is 0 Å². The lowest BCUT2D eigenvalue weighted by atomic mass is 10.0. The Morgan fingerprint density at radius 2 is 2.00 bits per heavy atom. The predicted octanol–water partition coefficient (Wildman–Crippen LogP) is 0.795. The van der Waals surface area contributed by atoms with E-state index in [0.717, 1.165) is 0 Å². The predicted molar refractivity (Wildman–Crippen MR) is 65.4 cm³/mol. The lowest BCUT2D eigenvalue weighted by Crippen LogP contribution is -2.24. The third kappa shape index (κ3) is 3.17. The van der Waals surface area contributed by atoms with Crippen LogP contribution in [0.3, 0.4) is 0 Å². The van der Waals surface area contributed by atoms with E-state index in [4.69, 9.17) is 0 Å². The minimum absolute atomic E-state index is 0.0795. The number of carbonyl (C=O) groups is 1. The zero-order valence-corrected chi connectivity index (χ0v) is 11.3. The average molecular weight is 257 g/mol. The van der Waals surface area contributed by atoms with Crippen LogP contribution in [-0.4, -0.2) is 44.4 Å². The third-order valence-electron chi connectivity index (χ3n) is 2.73. The Labute approximate surface area is 104 Å². The molecule has 0 spiro atoms. The maximum atomic E-state index is 12.1. The summed E-state index contributed by atoms with van der Waals surface area (Å²) in [5, 5.41) is 0. The van der Waals surface area contributed by atoms with E-state index in [1.165, 1.54) is 4.31 Å². The highest BCUT2D eigenvalue weighted by Gasteiger charge is 2.22. The van der Waals surface area contributed by atoms with Gasteiger partial charge in [0.15, 0.2) is 5.78 Å². The van der Waals surface area contributed by atoms with E-state index in [-0.39, 0.29) is 5.78 Å². The normalized spacial score (nSPS) is 21.8. The van der Waals surface area contributed by atoms with Crippen LogP contribution in [0, 0.1) is 0 Å². The number of hydrogen-bond acceptors (Lipinski definition) is 4. The number of hydrogen-bond donors (Lipinski definition) is 0. The van der Waals surface area contributed by atoms with Crippen molar-refractivity contribution in [1.82, 2.24) is 9.21 Å². The van der Waals surface area contributed by atoms with E-state index >= 15 is 0 Å². The summed E-state index contributed by atoms with van der Waals surface area (Å²) in [7, 11) is 3.67. The third-order valence-corrected chi connectivity index (χ3v) is 3.54. The van der Waals surface area contributed by atoms with Crippen molar-refractivity contribution >= 4 is 17.0 Å². The van der Waals surface area contributed by atoms with Gasteiger partial charge in [0.05, 0.1) is 0 Å². The molecule has 0 radical (unpaired) electrons. The number of Topliss-reactive ketones (excluding diaryl/α,β-unsaturated/α-hetero) is 1. The van der Waals surface area contributed by atoms with Crippen LogP contribution in [0.1, 0.15) is 20.3 Å². The second-order valence-electron chi connectivity index (χ2n) is 4.23. The summed E-state index contributed by atoms with van der Waals surface area (Å²) in [6, 6.07) is 0. The fourth-order valence-electron chi connectivity index (χ4n) is 1.72. The van der Waals surface area contributed by atoms with Gasteiger partial charge in [-0.3, -0.25) is 9.00 Å². The van der Waals surface area contributed by atoms with Gasteiger partial charge in [-0.15, -0.1) is 0 Å². The number of allylic oxidation sites excluding steroid dienone is 2. The molecule has 0 aliphatic carbocycles. The van der Waals surface area contributed by atoms with Gasteiger partial charge in [-0.1, -0.05) is 0 Å². The molecule has 0 aromatic carbocycles. The molecule has 6 heteroatoms. The molecule has 0 amide bonds. The molecular formula is C11H17N2O3S-. The summed E-state index contributed by atoms with van der Waals surface area (Å²) in [5.74, 6) is -0.0795. The van der Waals surface area contributed by atoms with Crippen LogP contribution in [0.4, 0.5) is 0 Å². The summed E-state index contributed by atoms with van der Waals surface area (Å²) in [4.78, 5) is 13.9. The van der Waals surface area contributed by atoms with Gasteiger partial charge in [0, 0.05) is 54.9 Å². The van der Waals surface area contributed by atoms with Crippen molar-refractivity contribution in [3.05, 3.63) is 23.0 Å². The molecule has 1 unspecified atom stereocenters. The smallest absolute Gasteiger partial charge is 0.187 e. The first-order valence-electron chi connectivity index (χ1n) is 5.30. The van der Waals surface area contributed by atoms with Crippen molar-refractivity contribution in [1.29, 1.82) is 0 Å². The van der Waals surface area contributed by atoms with E-state index in [2.05, 4.69) is 0 Å². The van der Waals surface area contributed by atoms with E-state index in [1.54, 1.807) is 24.9 Å². The van der Waals surface area contributed by atoms with E-state index < -0.39 is 11.3 Å². The van der Waals surface area contributed by atoms with Crippen LogP contribution in [0.15, 0.2) is 23.0 Å². The molecule has 0 aromatic rings. The summed E-state index contributed by atoms with van der Waals surface area (Å²) in [5.41, 5.74) is 1.63. The molecule has 0 saturated heterocycles. The number of carbonyl (C=O) groups excluding carboxylic acids is 1. The fourth-order valence-corrected chi connectivity index (χ4v) is 2.32. The van der Waals surface area contributed by atoms with Gasteiger partial charge in [0.1, 0.15) is 0 Å². The van der Waals surface area contributed by atoms with Crippen molar-refractivity contribution in [2.45, 2.75) is 20.3 Å². The molecule has 17 heavy (non-hydrogen) atoms. The van der Waals surface area contributed by atoms with Crippen LogP contribution in [0.25, 0.3) is 0 Å². The summed E-state index contributed by atoms with van der Waals surface area (Å²) >= 11 is -2.32. The molecule has 0 saturated carbocycles. The molecule has 0 N–H and O–H groups in total. The van der Waals surface area contributed by atoms with Crippen molar-refractivity contribution in [3.63, 3.8) is 0 Å².